The van der Waals surface area contributed by atoms with Crippen molar-refractivity contribution in [3.8, 4) is 0 Å². The summed E-state index contributed by atoms with van der Waals surface area (Å²) in [5.41, 5.74) is 0.747. The molecule has 0 aliphatic heterocycles. The lowest BCUT2D eigenvalue weighted by Crippen LogP contribution is -2.30. The highest BCUT2D eigenvalue weighted by Gasteiger charge is 2.19. The number of aromatic nitrogens is 1. The van der Waals surface area contributed by atoms with E-state index < -0.39 is 6.04 Å². The van der Waals surface area contributed by atoms with Crippen LogP contribution in [0.1, 0.15) is 38.8 Å². The number of aryl methyl sites for hydroxylation is 1. The predicted molar refractivity (Wildman–Crippen MR) is 66.0 cm³/mol. The van der Waals surface area contributed by atoms with Gasteiger partial charge in [0.05, 0.1) is 6.10 Å². The lowest BCUT2D eigenvalue weighted by Gasteiger charge is -2.17. The minimum absolute atomic E-state index is 0.120. The van der Waals surface area contributed by atoms with E-state index in [0.29, 0.717) is 0 Å². The zero-order chi connectivity index (χ0) is 13.0. The number of ether oxygens (including phenoxy) is 1. The molecule has 94 valence electrons. The van der Waals surface area contributed by atoms with Crippen molar-refractivity contribution in [1.82, 2.24) is 4.57 Å². The average Bonchev–Trinajstić information content (AvgIpc) is 2.31. The first kappa shape index (κ1) is 13.5. The SMILES string of the molecule is CCC(C)OC(=O)C(C)n1cc(C)ccc1=O. The molecule has 2 atom stereocenters. The Hall–Kier alpha value is -1.58. The summed E-state index contributed by atoms with van der Waals surface area (Å²) in [7, 11) is 0. The second-order valence-electron chi connectivity index (χ2n) is 4.28. The van der Waals surface area contributed by atoms with Crippen molar-refractivity contribution in [3.05, 3.63) is 34.2 Å². The zero-order valence-corrected chi connectivity index (χ0v) is 10.8. The van der Waals surface area contributed by atoms with Crippen LogP contribution in [-0.2, 0) is 9.53 Å². The fraction of sp³-hybridized carbons (Fsp3) is 0.538. The van der Waals surface area contributed by atoms with Crippen LogP contribution in [0.15, 0.2) is 23.1 Å². The van der Waals surface area contributed by atoms with Crippen molar-refractivity contribution >= 4 is 5.97 Å². The summed E-state index contributed by atoms with van der Waals surface area (Å²) >= 11 is 0. The first-order chi connectivity index (χ1) is 7.95. The van der Waals surface area contributed by atoms with E-state index in [1.165, 1.54) is 10.6 Å². The number of nitrogens with zero attached hydrogens (tertiary/aromatic N) is 1. The molecular formula is C13H19NO3. The zero-order valence-electron chi connectivity index (χ0n) is 10.8. The Labute approximate surface area is 101 Å². The van der Waals surface area contributed by atoms with Crippen LogP contribution in [0.2, 0.25) is 0 Å². The van der Waals surface area contributed by atoms with E-state index in [2.05, 4.69) is 0 Å². The van der Waals surface area contributed by atoms with E-state index in [-0.39, 0.29) is 17.6 Å². The summed E-state index contributed by atoms with van der Waals surface area (Å²) in [5, 5.41) is 0. The Bertz CT molecular complexity index is 450. The van der Waals surface area contributed by atoms with Gasteiger partial charge in [0.15, 0.2) is 0 Å². The van der Waals surface area contributed by atoms with E-state index in [4.69, 9.17) is 4.74 Å². The number of hydrogen-bond acceptors (Lipinski definition) is 3. The minimum atomic E-state index is -0.587. The largest absolute Gasteiger partial charge is 0.461 e. The fourth-order valence-electron chi connectivity index (χ4n) is 1.41. The number of carbonyl (C=O) groups excluding carboxylic acids is 1. The number of hydrogen-bond donors (Lipinski definition) is 0. The lowest BCUT2D eigenvalue weighted by atomic mass is 10.2. The van der Waals surface area contributed by atoms with Crippen molar-refractivity contribution in [2.24, 2.45) is 0 Å². The lowest BCUT2D eigenvalue weighted by molar-refractivity contribution is -0.152. The molecule has 0 fully saturated rings. The fourth-order valence-corrected chi connectivity index (χ4v) is 1.41. The molecule has 0 aliphatic carbocycles. The Balaban J connectivity index is 2.88. The average molecular weight is 237 g/mol. The highest BCUT2D eigenvalue weighted by molar-refractivity contribution is 5.73. The Kier molecular flexibility index (Phi) is 4.49. The van der Waals surface area contributed by atoms with E-state index >= 15 is 0 Å². The molecule has 4 heteroatoms. The summed E-state index contributed by atoms with van der Waals surface area (Å²) < 4.78 is 6.61. The molecule has 2 unspecified atom stereocenters. The number of carbonyl (C=O) groups is 1. The van der Waals surface area contributed by atoms with Gasteiger partial charge in [-0.25, -0.2) is 4.79 Å². The van der Waals surface area contributed by atoms with Crippen LogP contribution >= 0.6 is 0 Å². The molecule has 17 heavy (non-hydrogen) atoms. The first-order valence-electron chi connectivity index (χ1n) is 5.85. The molecule has 0 N–H and O–H groups in total. The molecule has 1 aromatic heterocycles. The normalized spacial score (nSPS) is 14.1. The summed E-state index contributed by atoms with van der Waals surface area (Å²) in [6.07, 6.45) is 2.32. The maximum absolute atomic E-state index is 11.8. The van der Waals surface area contributed by atoms with Crippen molar-refractivity contribution < 1.29 is 9.53 Å². The van der Waals surface area contributed by atoms with Crippen molar-refractivity contribution in [2.75, 3.05) is 0 Å². The van der Waals surface area contributed by atoms with Gasteiger partial charge in [0.25, 0.3) is 5.56 Å². The highest BCUT2D eigenvalue weighted by atomic mass is 16.5. The molecular weight excluding hydrogens is 218 g/mol. The molecule has 0 spiro atoms. The van der Waals surface area contributed by atoms with Crippen molar-refractivity contribution in [2.45, 2.75) is 46.3 Å². The van der Waals surface area contributed by atoms with Gasteiger partial charge in [-0.1, -0.05) is 13.0 Å². The van der Waals surface area contributed by atoms with Gasteiger partial charge in [-0.05, 0) is 32.8 Å². The third-order valence-corrected chi connectivity index (χ3v) is 2.74. The minimum Gasteiger partial charge on any atom is -0.461 e. The van der Waals surface area contributed by atoms with E-state index in [0.717, 1.165) is 12.0 Å². The molecule has 0 saturated carbocycles. The van der Waals surface area contributed by atoms with Gasteiger partial charge in [-0.2, -0.15) is 0 Å². The molecule has 0 amide bonds. The molecule has 0 saturated heterocycles. The third-order valence-electron chi connectivity index (χ3n) is 2.74. The summed E-state index contributed by atoms with van der Waals surface area (Å²) in [6, 6.07) is 2.60. The van der Waals surface area contributed by atoms with E-state index in [1.807, 2.05) is 20.8 Å². The molecule has 1 heterocycles. The molecule has 0 aromatic carbocycles. The Morgan fingerprint density at radius 1 is 1.41 bits per heavy atom. The summed E-state index contributed by atoms with van der Waals surface area (Å²) in [5.74, 6) is -0.368. The van der Waals surface area contributed by atoms with Crippen LogP contribution in [0.4, 0.5) is 0 Å². The number of esters is 1. The predicted octanol–water partition coefficient (Wildman–Crippen LogP) is 2.06. The van der Waals surface area contributed by atoms with Gasteiger partial charge in [-0.15, -0.1) is 0 Å². The van der Waals surface area contributed by atoms with Gasteiger partial charge in [-0.3, -0.25) is 4.79 Å². The van der Waals surface area contributed by atoms with Gasteiger partial charge in [0, 0.05) is 12.3 Å². The van der Waals surface area contributed by atoms with Crippen LogP contribution in [0.5, 0.6) is 0 Å². The van der Waals surface area contributed by atoms with E-state index in [1.54, 1.807) is 19.2 Å². The van der Waals surface area contributed by atoms with Crippen LogP contribution in [0.25, 0.3) is 0 Å². The molecule has 0 bridgehead atoms. The van der Waals surface area contributed by atoms with Crippen LogP contribution in [0, 0.1) is 6.92 Å². The topological polar surface area (TPSA) is 48.3 Å². The van der Waals surface area contributed by atoms with Crippen LogP contribution < -0.4 is 5.56 Å². The maximum Gasteiger partial charge on any atom is 0.329 e. The Morgan fingerprint density at radius 2 is 2.06 bits per heavy atom. The van der Waals surface area contributed by atoms with Gasteiger partial charge in [0.2, 0.25) is 0 Å². The third kappa shape index (κ3) is 3.44. The molecule has 0 aliphatic rings. The van der Waals surface area contributed by atoms with Crippen molar-refractivity contribution in [3.63, 3.8) is 0 Å². The highest BCUT2D eigenvalue weighted by Crippen LogP contribution is 2.09. The smallest absolute Gasteiger partial charge is 0.329 e. The Morgan fingerprint density at radius 3 is 2.65 bits per heavy atom. The molecule has 0 radical (unpaired) electrons. The van der Waals surface area contributed by atoms with Crippen LogP contribution in [-0.4, -0.2) is 16.6 Å². The van der Waals surface area contributed by atoms with Gasteiger partial charge >= 0.3 is 5.97 Å². The second kappa shape index (κ2) is 5.66. The number of rotatable bonds is 4. The van der Waals surface area contributed by atoms with Crippen molar-refractivity contribution in [1.29, 1.82) is 0 Å². The quantitative estimate of drug-likeness (QED) is 0.753. The summed E-state index contributed by atoms with van der Waals surface area (Å²) in [4.78, 5) is 23.4. The second-order valence-corrected chi connectivity index (χ2v) is 4.28. The molecule has 4 nitrogen and oxygen atoms in total. The first-order valence-corrected chi connectivity index (χ1v) is 5.85. The number of pyridine rings is 1. The van der Waals surface area contributed by atoms with Gasteiger partial charge in [0.1, 0.15) is 6.04 Å². The van der Waals surface area contributed by atoms with Gasteiger partial charge < -0.3 is 9.30 Å². The summed E-state index contributed by atoms with van der Waals surface area (Å²) in [6.45, 7) is 7.33. The maximum atomic E-state index is 11.8. The standard InChI is InChI=1S/C13H19NO3/c1-5-10(3)17-13(16)11(4)14-8-9(2)6-7-12(14)15/h6-8,10-11H,5H2,1-4H3. The van der Waals surface area contributed by atoms with E-state index in [9.17, 15) is 9.59 Å². The monoisotopic (exact) mass is 237 g/mol. The van der Waals surface area contributed by atoms with Crippen LogP contribution in [0.3, 0.4) is 0 Å². The molecule has 1 aromatic rings. The molecule has 1 rings (SSSR count).